The third-order valence-corrected chi connectivity index (χ3v) is 1.66. The Balaban J connectivity index is 0.000000249. The van der Waals surface area contributed by atoms with Crippen molar-refractivity contribution >= 4 is 12.4 Å². The third kappa shape index (κ3) is 3.90. The zero-order chi connectivity index (χ0) is 12.7. The predicted octanol–water partition coefficient (Wildman–Crippen LogP) is 0.300. The maximum absolute atomic E-state index is 11.4. The quantitative estimate of drug-likeness (QED) is 0.666. The lowest BCUT2D eigenvalue weighted by Crippen LogP contribution is -2.15. The summed E-state index contributed by atoms with van der Waals surface area (Å²) in [5, 5.41) is 0. The first-order valence-corrected chi connectivity index (χ1v) is 4.77. The van der Waals surface area contributed by atoms with Gasteiger partial charge in [0, 0.05) is 38.9 Å². The molecule has 0 spiro atoms. The van der Waals surface area contributed by atoms with Crippen molar-refractivity contribution in [1.29, 1.82) is 0 Å². The number of hydrogen-bond acceptors (Lipinski definition) is 4. The maximum atomic E-state index is 11.4. The lowest BCUT2D eigenvalue weighted by molar-refractivity contribution is -0.115. The molecule has 0 aliphatic heterocycles. The molecule has 1 amide bonds. The van der Waals surface area contributed by atoms with E-state index < -0.39 is 0 Å². The van der Waals surface area contributed by atoms with Gasteiger partial charge in [-0.05, 0) is 0 Å². The topological polar surface area (TPSA) is 73.0 Å². The highest BCUT2D eigenvalue weighted by atomic mass is 16.2. The molecule has 2 aromatic heterocycles. The van der Waals surface area contributed by atoms with Gasteiger partial charge in [0.1, 0.15) is 12.7 Å². The molecule has 0 aromatic carbocycles. The Hall–Kier alpha value is -2.44. The van der Waals surface area contributed by atoms with Crippen LogP contribution in [0.4, 0.5) is 4.79 Å². The van der Waals surface area contributed by atoms with Crippen LogP contribution in [-0.2, 0) is 4.79 Å². The average Bonchev–Trinajstić information content (AvgIpc) is 3.01. The summed E-state index contributed by atoms with van der Waals surface area (Å²) < 4.78 is 2.75. The van der Waals surface area contributed by atoms with E-state index in [1.54, 1.807) is 38.9 Å². The zero-order valence-electron chi connectivity index (χ0n) is 9.59. The summed E-state index contributed by atoms with van der Waals surface area (Å²) in [6, 6.07) is -0.190. The van der Waals surface area contributed by atoms with Crippen molar-refractivity contribution in [3.05, 3.63) is 37.4 Å². The molecule has 0 bridgehead atoms. The molecule has 0 N–H and O–H groups in total. The summed E-state index contributed by atoms with van der Waals surface area (Å²) in [6.07, 6.45) is 9.92. The Bertz CT molecular complexity index is 411. The fraction of sp³-hybridized carbons (Fsp3) is 0.200. The van der Waals surface area contributed by atoms with Gasteiger partial charge in [-0.2, -0.15) is 0 Å². The molecular weight excluding hydrogens is 222 g/mol. The van der Waals surface area contributed by atoms with Crippen LogP contribution in [0, 0.1) is 0 Å². The molecule has 0 aliphatic rings. The van der Waals surface area contributed by atoms with Gasteiger partial charge < -0.3 is 4.90 Å². The Morgan fingerprint density at radius 1 is 1.12 bits per heavy atom. The molecule has 7 heteroatoms. The van der Waals surface area contributed by atoms with Crippen LogP contribution in [0.25, 0.3) is 0 Å². The smallest absolute Gasteiger partial charge is 0.338 e. The van der Waals surface area contributed by atoms with Gasteiger partial charge in [-0.3, -0.25) is 13.9 Å². The molecular formula is C10H13N5O2. The standard InChI is InChI=1S/C7H6N4O.C3H7NO/c12-7(10-3-1-8-5-10)11-4-2-9-6-11;1-4(2)3-5/h1-6H;3H,1-2H3. The van der Waals surface area contributed by atoms with Gasteiger partial charge in [0.05, 0.1) is 0 Å². The number of aromatic nitrogens is 4. The van der Waals surface area contributed by atoms with Crippen molar-refractivity contribution < 1.29 is 9.59 Å². The van der Waals surface area contributed by atoms with E-state index >= 15 is 0 Å². The van der Waals surface area contributed by atoms with Gasteiger partial charge in [-0.25, -0.2) is 14.8 Å². The predicted molar refractivity (Wildman–Crippen MR) is 60.4 cm³/mol. The SMILES string of the molecule is CN(C)C=O.O=C(n1ccnc1)n1ccnc1. The van der Waals surface area contributed by atoms with Gasteiger partial charge in [0.15, 0.2) is 0 Å². The molecule has 2 aromatic rings. The number of hydrogen-bond donors (Lipinski definition) is 0. The highest BCUT2D eigenvalue weighted by Gasteiger charge is 2.03. The number of carbonyl (C=O) groups is 2. The normalized spacial score (nSPS) is 9.06. The van der Waals surface area contributed by atoms with E-state index in [-0.39, 0.29) is 6.03 Å². The second kappa shape index (κ2) is 6.21. The number of imidazole rings is 2. The van der Waals surface area contributed by atoms with Crippen molar-refractivity contribution in [2.45, 2.75) is 0 Å². The Labute approximate surface area is 98.3 Å². The summed E-state index contributed by atoms with van der Waals surface area (Å²) in [6.45, 7) is 0. The Morgan fingerprint density at radius 3 is 1.76 bits per heavy atom. The Morgan fingerprint density at radius 2 is 1.53 bits per heavy atom. The minimum atomic E-state index is -0.190. The first-order chi connectivity index (χ1) is 8.15. The van der Waals surface area contributed by atoms with Crippen LogP contribution >= 0.6 is 0 Å². The van der Waals surface area contributed by atoms with E-state index in [1.807, 2.05) is 0 Å². The summed E-state index contributed by atoms with van der Waals surface area (Å²) >= 11 is 0. The Kier molecular flexibility index (Phi) is 4.61. The summed E-state index contributed by atoms with van der Waals surface area (Å²) in [7, 11) is 3.38. The molecule has 0 unspecified atom stereocenters. The largest absolute Gasteiger partial charge is 0.351 e. The van der Waals surface area contributed by atoms with Gasteiger partial charge in [0.25, 0.3) is 0 Å². The molecule has 0 radical (unpaired) electrons. The average molecular weight is 235 g/mol. The number of carbonyl (C=O) groups excluding carboxylic acids is 2. The van der Waals surface area contributed by atoms with Crippen molar-refractivity contribution in [3.8, 4) is 0 Å². The van der Waals surface area contributed by atoms with E-state index in [9.17, 15) is 9.59 Å². The van der Waals surface area contributed by atoms with Crippen LogP contribution in [0.5, 0.6) is 0 Å². The second-order valence-electron chi connectivity index (χ2n) is 3.29. The van der Waals surface area contributed by atoms with Crippen LogP contribution in [0.3, 0.4) is 0 Å². The highest BCUT2D eigenvalue weighted by molar-refractivity contribution is 5.78. The fourth-order valence-electron chi connectivity index (χ4n) is 0.878. The molecule has 0 fully saturated rings. The second-order valence-corrected chi connectivity index (χ2v) is 3.29. The first-order valence-electron chi connectivity index (χ1n) is 4.77. The van der Waals surface area contributed by atoms with Crippen LogP contribution in [0.15, 0.2) is 37.4 Å². The summed E-state index contributed by atoms with van der Waals surface area (Å²) in [5.41, 5.74) is 0. The molecule has 0 aliphatic carbocycles. The number of rotatable bonds is 1. The van der Waals surface area contributed by atoms with E-state index in [4.69, 9.17) is 0 Å². The number of nitrogens with zero attached hydrogens (tertiary/aromatic N) is 5. The van der Waals surface area contributed by atoms with Crippen LogP contribution < -0.4 is 0 Å². The minimum Gasteiger partial charge on any atom is -0.351 e. The monoisotopic (exact) mass is 235 g/mol. The van der Waals surface area contributed by atoms with Gasteiger partial charge in [-0.15, -0.1) is 0 Å². The molecule has 2 heterocycles. The zero-order valence-corrected chi connectivity index (χ0v) is 9.59. The maximum Gasteiger partial charge on any atom is 0.338 e. The van der Waals surface area contributed by atoms with E-state index in [2.05, 4.69) is 9.97 Å². The molecule has 0 saturated carbocycles. The van der Waals surface area contributed by atoms with Gasteiger partial charge in [0.2, 0.25) is 6.41 Å². The lowest BCUT2D eigenvalue weighted by atomic mass is 10.8. The van der Waals surface area contributed by atoms with Crippen molar-refractivity contribution in [3.63, 3.8) is 0 Å². The summed E-state index contributed by atoms with van der Waals surface area (Å²) in [5.74, 6) is 0. The molecule has 17 heavy (non-hydrogen) atoms. The lowest BCUT2D eigenvalue weighted by Gasteiger charge is -1.98. The van der Waals surface area contributed by atoms with Crippen LogP contribution in [0.1, 0.15) is 0 Å². The van der Waals surface area contributed by atoms with Gasteiger partial charge >= 0.3 is 6.03 Å². The minimum absolute atomic E-state index is 0.190. The van der Waals surface area contributed by atoms with E-state index in [1.165, 1.54) is 26.7 Å². The van der Waals surface area contributed by atoms with E-state index in [0.29, 0.717) is 0 Å². The van der Waals surface area contributed by atoms with Crippen LogP contribution in [0.2, 0.25) is 0 Å². The summed E-state index contributed by atoms with van der Waals surface area (Å²) in [4.78, 5) is 29.8. The van der Waals surface area contributed by atoms with Crippen molar-refractivity contribution in [1.82, 2.24) is 24.0 Å². The molecule has 2 rings (SSSR count). The molecule has 0 saturated heterocycles. The number of amides is 1. The molecule has 0 atom stereocenters. The third-order valence-electron chi connectivity index (χ3n) is 1.66. The molecule has 90 valence electrons. The fourth-order valence-corrected chi connectivity index (χ4v) is 0.878. The van der Waals surface area contributed by atoms with Crippen LogP contribution in [-0.4, -0.2) is 50.5 Å². The van der Waals surface area contributed by atoms with Crippen molar-refractivity contribution in [2.24, 2.45) is 0 Å². The highest BCUT2D eigenvalue weighted by Crippen LogP contribution is 1.91. The van der Waals surface area contributed by atoms with Gasteiger partial charge in [-0.1, -0.05) is 0 Å². The van der Waals surface area contributed by atoms with Crippen molar-refractivity contribution in [2.75, 3.05) is 14.1 Å². The van der Waals surface area contributed by atoms with E-state index in [0.717, 1.165) is 6.41 Å². The molecule has 7 nitrogen and oxygen atoms in total. The first kappa shape index (κ1) is 12.6.